The molecule has 0 unspecified atom stereocenters. The van der Waals surface area contributed by atoms with Gasteiger partial charge in [0.1, 0.15) is 0 Å². The van der Waals surface area contributed by atoms with Gasteiger partial charge < -0.3 is 18.6 Å². The van der Waals surface area contributed by atoms with Gasteiger partial charge in [0.15, 0.2) is 0 Å². The van der Waals surface area contributed by atoms with Crippen LogP contribution in [0.15, 0.2) is 200 Å². The van der Waals surface area contributed by atoms with Crippen LogP contribution in [0, 0.1) is 0 Å². The molecule has 0 spiro atoms. The lowest BCUT2D eigenvalue weighted by Gasteiger charge is -2.26. The smallest absolute Gasteiger partial charge is 0.0541 e. The number of fused-ring (bicyclic) bond motifs is 9. The first-order chi connectivity index (χ1) is 28.8. The van der Waals surface area contributed by atoms with E-state index in [1.807, 2.05) is 0 Å². The Morgan fingerprint density at radius 1 is 0.328 bits per heavy atom. The van der Waals surface area contributed by atoms with E-state index < -0.39 is 0 Å². The molecule has 0 saturated carbocycles. The average Bonchev–Trinajstić information content (AvgIpc) is 3.93. The van der Waals surface area contributed by atoms with Crippen LogP contribution in [0.4, 0.5) is 17.1 Å². The summed E-state index contributed by atoms with van der Waals surface area (Å²) in [5.74, 6) is 0. The Hall–Kier alpha value is -7.56. The molecule has 8 aromatic carbocycles. The largest absolute Gasteiger partial charge is 0.310 e. The van der Waals surface area contributed by atoms with Crippen molar-refractivity contribution >= 4 is 77.7 Å². The number of aromatic nitrogens is 3. The maximum Gasteiger partial charge on any atom is 0.0541 e. The SMILES string of the molecule is C1=Cc2c(c3ccccc3n2-c2ccc(N(c3ccc(-n4c5ccccc5c5ccccc54)cc3)c3ccc(-n4c5ccccc5c5ccccc54)cc3)cc2)CC1. The summed E-state index contributed by atoms with van der Waals surface area (Å²) >= 11 is 0. The topological polar surface area (TPSA) is 18.0 Å². The second-order valence-corrected chi connectivity index (χ2v) is 15.3. The quantitative estimate of drug-likeness (QED) is 0.166. The van der Waals surface area contributed by atoms with Crippen LogP contribution in [0.3, 0.4) is 0 Å². The van der Waals surface area contributed by atoms with Crippen LogP contribution in [0.2, 0.25) is 0 Å². The molecule has 0 saturated heterocycles. The zero-order valence-corrected chi connectivity index (χ0v) is 31.8. The molecule has 58 heavy (non-hydrogen) atoms. The number of para-hydroxylation sites is 5. The molecule has 1 aliphatic rings. The molecule has 1 aliphatic carbocycles. The van der Waals surface area contributed by atoms with Crippen molar-refractivity contribution in [2.75, 3.05) is 4.90 Å². The third-order valence-electron chi connectivity index (χ3n) is 12.1. The van der Waals surface area contributed by atoms with Gasteiger partial charge in [-0.15, -0.1) is 0 Å². The van der Waals surface area contributed by atoms with Gasteiger partial charge in [0, 0.05) is 66.7 Å². The van der Waals surface area contributed by atoms with Crippen molar-refractivity contribution in [1.29, 1.82) is 0 Å². The van der Waals surface area contributed by atoms with Crippen molar-refractivity contribution in [1.82, 2.24) is 13.7 Å². The van der Waals surface area contributed by atoms with Gasteiger partial charge in [-0.25, -0.2) is 0 Å². The van der Waals surface area contributed by atoms with Crippen LogP contribution in [0.5, 0.6) is 0 Å². The normalized spacial score (nSPS) is 12.6. The molecule has 0 atom stereocenters. The molecule has 0 N–H and O–H groups in total. The highest BCUT2D eigenvalue weighted by molar-refractivity contribution is 6.10. The Balaban J connectivity index is 0.991. The van der Waals surface area contributed by atoms with Crippen molar-refractivity contribution in [3.8, 4) is 17.1 Å². The van der Waals surface area contributed by atoms with Gasteiger partial charge in [-0.2, -0.15) is 0 Å². The second kappa shape index (κ2) is 13.0. The first-order valence-electron chi connectivity index (χ1n) is 20.2. The second-order valence-electron chi connectivity index (χ2n) is 15.3. The Labute approximate surface area is 336 Å². The minimum absolute atomic E-state index is 1.07. The molecule has 12 rings (SSSR count). The molecule has 274 valence electrons. The van der Waals surface area contributed by atoms with E-state index in [0.717, 1.165) is 47.0 Å². The number of benzene rings is 8. The summed E-state index contributed by atoms with van der Waals surface area (Å²) in [6.07, 6.45) is 6.76. The van der Waals surface area contributed by atoms with Crippen molar-refractivity contribution in [2.24, 2.45) is 0 Å². The van der Waals surface area contributed by atoms with Crippen LogP contribution in [0.1, 0.15) is 17.7 Å². The molecule has 4 nitrogen and oxygen atoms in total. The van der Waals surface area contributed by atoms with Crippen molar-refractivity contribution in [2.45, 2.75) is 12.8 Å². The minimum atomic E-state index is 1.07. The Morgan fingerprint density at radius 3 is 1.05 bits per heavy atom. The van der Waals surface area contributed by atoms with Crippen LogP contribution >= 0.6 is 0 Å². The lowest BCUT2D eigenvalue weighted by Crippen LogP contribution is -2.11. The number of rotatable bonds is 6. The summed E-state index contributed by atoms with van der Waals surface area (Å²) < 4.78 is 7.19. The minimum Gasteiger partial charge on any atom is -0.310 e. The van der Waals surface area contributed by atoms with E-state index in [9.17, 15) is 0 Å². The summed E-state index contributed by atoms with van der Waals surface area (Å²) in [7, 11) is 0. The average molecular weight is 743 g/mol. The number of aryl methyl sites for hydroxylation is 1. The monoisotopic (exact) mass is 742 g/mol. The van der Waals surface area contributed by atoms with Gasteiger partial charge >= 0.3 is 0 Å². The highest BCUT2D eigenvalue weighted by Gasteiger charge is 2.20. The number of anilines is 3. The Kier molecular flexibility index (Phi) is 7.32. The van der Waals surface area contributed by atoms with E-state index >= 15 is 0 Å². The number of nitrogens with zero attached hydrogens (tertiary/aromatic N) is 4. The fourth-order valence-electron chi connectivity index (χ4n) is 9.57. The van der Waals surface area contributed by atoms with Gasteiger partial charge in [0.25, 0.3) is 0 Å². The highest BCUT2D eigenvalue weighted by atomic mass is 15.1. The molecule has 0 fully saturated rings. The molecular weight excluding hydrogens is 705 g/mol. The van der Waals surface area contributed by atoms with Crippen LogP contribution in [0.25, 0.3) is 77.7 Å². The number of allylic oxidation sites excluding steroid dienone is 1. The van der Waals surface area contributed by atoms with Crippen molar-refractivity contribution in [3.63, 3.8) is 0 Å². The Bertz CT molecular complexity index is 3110. The lowest BCUT2D eigenvalue weighted by molar-refractivity contribution is 0.967. The molecule has 4 heteroatoms. The van der Waals surface area contributed by atoms with Crippen molar-refractivity contribution in [3.05, 3.63) is 211 Å². The standard InChI is InChI=1S/C54H38N4/c1-7-19-49-43(13-1)44-14-2-8-20-50(44)56(49)40-31-25-37(26-32-40)55(38-27-33-41(34-28-38)57-51-21-9-3-15-45(51)46-16-4-10-22-52(46)57)39-29-35-42(36-30-39)58-53-23-11-5-17-47(53)48-18-6-12-24-54(48)58/h1-5,7-17,19-36H,6,18H2. The molecule has 0 amide bonds. The van der Waals surface area contributed by atoms with Crippen LogP contribution in [-0.2, 0) is 6.42 Å². The molecule has 11 aromatic rings. The van der Waals surface area contributed by atoms with E-state index in [4.69, 9.17) is 0 Å². The van der Waals surface area contributed by atoms with Gasteiger partial charge in [-0.3, -0.25) is 0 Å². The molecule has 3 heterocycles. The fourth-order valence-corrected chi connectivity index (χ4v) is 9.57. The molecular formula is C54H38N4. The molecule has 0 bridgehead atoms. The summed E-state index contributed by atoms with van der Waals surface area (Å²) in [5, 5.41) is 6.40. The van der Waals surface area contributed by atoms with Crippen molar-refractivity contribution < 1.29 is 0 Å². The summed E-state index contributed by atoms with van der Waals surface area (Å²) in [6, 6.07) is 70.8. The third-order valence-corrected chi connectivity index (χ3v) is 12.1. The van der Waals surface area contributed by atoms with Crippen LogP contribution < -0.4 is 4.90 Å². The zero-order valence-electron chi connectivity index (χ0n) is 31.8. The first kappa shape index (κ1) is 32.7. The van der Waals surface area contributed by atoms with Gasteiger partial charge in [-0.05, 0) is 128 Å². The van der Waals surface area contributed by atoms with E-state index in [2.05, 4.69) is 225 Å². The third kappa shape index (κ3) is 4.95. The number of hydrogen-bond donors (Lipinski definition) is 0. The van der Waals surface area contributed by atoms with E-state index in [-0.39, 0.29) is 0 Å². The highest BCUT2D eigenvalue weighted by Crippen LogP contribution is 2.40. The summed E-state index contributed by atoms with van der Waals surface area (Å²) in [4.78, 5) is 2.37. The predicted molar refractivity (Wildman–Crippen MR) is 244 cm³/mol. The zero-order chi connectivity index (χ0) is 38.2. The van der Waals surface area contributed by atoms with Gasteiger partial charge in [-0.1, -0.05) is 97.1 Å². The van der Waals surface area contributed by atoms with Gasteiger partial charge in [0.2, 0.25) is 0 Å². The lowest BCUT2D eigenvalue weighted by atomic mass is 10.0. The number of hydrogen-bond acceptors (Lipinski definition) is 1. The first-order valence-corrected chi connectivity index (χ1v) is 20.2. The maximum absolute atomic E-state index is 2.43. The van der Waals surface area contributed by atoms with Crippen LogP contribution in [-0.4, -0.2) is 13.7 Å². The van der Waals surface area contributed by atoms with E-state index in [0.29, 0.717) is 0 Å². The summed E-state index contributed by atoms with van der Waals surface area (Å²) in [6.45, 7) is 0. The van der Waals surface area contributed by atoms with Gasteiger partial charge in [0.05, 0.1) is 27.6 Å². The fraction of sp³-hybridized carbons (Fsp3) is 0.0370. The maximum atomic E-state index is 2.43. The summed E-state index contributed by atoms with van der Waals surface area (Å²) in [5.41, 5.74) is 15.5. The van der Waals surface area contributed by atoms with E-state index in [1.165, 1.54) is 65.8 Å². The predicted octanol–water partition coefficient (Wildman–Crippen LogP) is 14.3. The van der Waals surface area contributed by atoms with E-state index in [1.54, 1.807) is 0 Å². The molecule has 0 aliphatic heterocycles. The Morgan fingerprint density at radius 2 is 0.655 bits per heavy atom. The molecule has 0 radical (unpaired) electrons. The molecule has 3 aromatic heterocycles.